The van der Waals surface area contributed by atoms with E-state index in [-0.39, 0.29) is 36.3 Å². The number of amides is 3. The SMILES string of the molecule is CCCCNC(=O)[C@@H](CC(O)[C@H](CC1CCCCC1)NC(=O)[C@H](Cc1cnc[nH]1)NC(=O)[C@H](Cc1ccccc1)CS(=O)C(C)(C)C)C(C)C. The maximum atomic E-state index is 14.2. The third-order valence-corrected chi connectivity index (χ3v) is 12.0. The lowest BCUT2D eigenvalue weighted by atomic mass is 9.81. The van der Waals surface area contributed by atoms with Crippen molar-refractivity contribution < 1.29 is 23.7 Å². The van der Waals surface area contributed by atoms with Gasteiger partial charge >= 0.3 is 0 Å². The zero-order valence-corrected chi connectivity index (χ0v) is 32.0. The number of carbonyl (C=O) groups is 3. The second kappa shape index (κ2) is 20.7. The number of hydrogen-bond acceptors (Lipinski definition) is 6. The van der Waals surface area contributed by atoms with Gasteiger partial charge in [-0.1, -0.05) is 89.6 Å². The fourth-order valence-corrected chi connectivity index (χ4v) is 7.81. The van der Waals surface area contributed by atoms with E-state index in [9.17, 15) is 23.7 Å². The van der Waals surface area contributed by atoms with Crippen LogP contribution in [0.15, 0.2) is 42.9 Å². The van der Waals surface area contributed by atoms with Crippen LogP contribution in [-0.4, -0.2) is 72.2 Å². The van der Waals surface area contributed by atoms with Gasteiger partial charge < -0.3 is 26.0 Å². The quantitative estimate of drug-likeness (QED) is 0.118. The Labute approximate surface area is 302 Å². The zero-order chi connectivity index (χ0) is 36.7. The molecule has 1 aliphatic carbocycles. The molecule has 11 heteroatoms. The minimum atomic E-state index is -1.30. The Morgan fingerprint density at radius 1 is 1.00 bits per heavy atom. The Kier molecular flexibility index (Phi) is 17.1. The summed E-state index contributed by atoms with van der Waals surface area (Å²) >= 11 is 0. The Morgan fingerprint density at radius 2 is 1.70 bits per heavy atom. The molecule has 1 fully saturated rings. The van der Waals surface area contributed by atoms with Crippen LogP contribution < -0.4 is 16.0 Å². The lowest BCUT2D eigenvalue weighted by Crippen LogP contribution is -2.55. The summed E-state index contributed by atoms with van der Waals surface area (Å²) in [5.41, 5.74) is 1.62. The zero-order valence-electron chi connectivity index (χ0n) is 31.2. The van der Waals surface area contributed by atoms with Crippen molar-refractivity contribution in [2.24, 2.45) is 23.7 Å². The number of H-pyrrole nitrogens is 1. The summed E-state index contributed by atoms with van der Waals surface area (Å²) in [5.74, 6) is -1.35. The lowest BCUT2D eigenvalue weighted by Gasteiger charge is -2.33. The number of aliphatic hydroxyl groups is 1. The van der Waals surface area contributed by atoms with Crippen LogP contribution >= 0.6 is 0 Å². The molecule has 280 valence electrons. The largest absolute Gasteiger partial charge is 0.391 e. The van der Waals surface area contributed by atoms with Gasteiger partial charge in [0.25, 0.3) is 0 Å². The standard InChI is InChI=1S/C39H63N5O5S/c1-7-8-19-41-37(47)32(27(2)3)23-35(45)33(21-29-17-13-10-14-18-29)43-38(48)34(22-31-24-40-26-42-31)44-36(46)30(25-50(49)39(4,5)6)20-28-15-11-9-12-16-28/h9,11-12,15-16,24,26-27,29-30,32-35,45H,7-8,10,13-14,17-23,25H2,1-6H3,(H,40,42)(H,41,47)(H,43,48)(H,44,46)/t30-,32+,33+,34+,35?,50?/m1/s1. The lowest BCUT2D eigenvalue weighted by molar-refractivity contribution is -0.132. The second-order valence-electron chi connectivity index (χ2n) is 15.5. The molecule has 1 aliphatic rings. The molecule has 1 saturated carbocycles. The molecule has 3 rings (SSSR count). The van der Waals surface area contributed by atoms with Gasteiger partial charge in [-0.2, -0.15) is 0 Å². The topological polar surface area (TPSA) is 153 Å². The third-order valence-electron chi connectivity index (χ3n) is 9.91. The molecule has 1 aromatic carbocycles. The van der Waals surface area contributed by atoms with Crippen LogP contribution in [0, 0.1) is 23.7 Å². The van der Waals surface area contributed by atoms with E-state index in [4.69, 9.17) is 0 Å². The Bertz CT molecular complexity index is 1320. The van der Waals surface area contributed by atoms with Gasteiger partial charge in [-0.25, -0.2) is 4.98 Å². The summed E-state index contributed by atoms with van der Waals surface area (Å²) in [7, 11) is -1.30. The molecule has 3 amide bonds. The summed E-state index contributed by atoms with van der Waals surface area (Å²) in [4.78, 5) is 48.6. The smallest absolute Gasteiger partial charge is 0.243 e. The van der Waals surface area contributed by atoms with Crippen LogP contribution in [0.25, 0.3) is 0 Å². The van der Waals surface area contributed by atoms with Crippen molar-refractivity contribution in [2.75, 3.05) is 12.3 Å². The molecule has 0 spiro atoms. The van der Waals surface area contributed by atoms with Crippen LogP contribution in [0.4, 0.5) is 0 Å². The van der Waals surface area contributed by atoms with Crippen molar-refractivity contribution in [3.05, 3.63) is 54.1 Å². The number of aromatic amines is 1. The molecular formula is C39H63N5O5S. The molecule has 2 aromatic rings. The fourth-order valence-electron chi connectivity index (χ4n) is 6.68. The second-order valence-corrected chi connectivity index (χ2v) is 17.8. The molecule has 10 nitrogen and oxygen atoms in total. The predicted octanol–water partition coefficient (Wildman–Crippen LogP) is 5.24. The Morgan fingerprint density at radius 3 is 2.30 bits per heavy atom. The number of rotatable bonds is 20. The molecule has 0 bridgehead atoms. The summed E-state index contributed by atoms with van der Waals surface area (Å²) in [5, 5.41) is 20.9. The molecule has 0 saturated heterocycles. The number of nitrogens with zero attached hydrogens (tertiary/aromatic N) is 1. The minimum absolute atomic E-state index is 0.00456. The van der Waals surface area contributed by atoms with E-state index >= 15 is 0 Å². The van der Waals surface area contributed by atoms with Crippen LogP contribution in [0.3, 0.4) is 0 Å². The highest BCUT2D eigenvalue weighted by atomic mass is 32.2. The van der Waals surface area contributed by atoms with Crippen molar-refractivity contribution in [2.45, 2.75) is 135 Å². The first-order chi connectivity index (χ1) is 23.8. The normalized spacial score (nSPS) is 17.7. The monoisotopic (exact) mass is 713 g/mol. The van der Waals surface area contributed by atoms with Gasteiger partial charge in [0.2, 0.25) is 17.7 Å². The van der Waals surface area contributed by atoms with Crippen LogP contribution in [-0.2, 0) is 38.0 Å². The highest BCUT2D eigenvalue weighted by Gasteiger charge is 2.35. The molecule has 0 aliphatic heterocycles. The van der Waals surface area contributed by atoms with Crippen molar-refractivity contribution in [3.8, 4) is 0 Å². The number of benzene rings is 1. The van der Waals surface area contributed by atoms with Gasteiger partial charge in [0.05, 0.1) is 24.4 Å². The van der Waals surface area contributed by atoms with Crippen LogP contribution in [0.1, 0.15) is 111 Å². The third kappa shape index (κ3) is 13.9. The van der Waals surface area contributed by atoms with E-state index in [1.165, 1.54) is 12.7 Å². The van der Waals surface area contributed by atoms with Gasteiger partial charge in [-0.3, -0.25) is 18.6 Å². The summed E-state index contributed by atoms with van der Waals surface area (Å²) in [6.45, 7) is 12.3. The summed E-state index contributed by atoms with van der Waals surface area (Å²) < 4.78 is 12.8. The molecule has 1 heterocycles. The van der Waals surface area contributed by atoms with Crippen LogP contribution in [0.5, 0.6) is 0 Å². The van der Waals surface area contributed by atoms with E-state index in [1.54, 1.807) is 6.20 Å². The molecule has 0 radical (unpaired) electrons. The van der Waals surface area contributed by atoms with E-state index in [0.717, 1.165) is 44.1 Å². The van der Waals surface area contributed by atoms with Crippen molar-refractivity contribution in [3.63, 3.8) is 0 Å². The number of carbonyl (C=O) groups excluding carboxylic acids is 3. The molecule has 2 unspecified atom stereocenters. The highest BCUT2D eigenvalue weighted by molar-refractivity contribution is 7.86. The summed E-state index contributed by atoms with van der Waals surface area (Å²) in [6, 6.07) is 8.07. The average molecular weight is 714 g/mol. The van der Waals surface area contributed by atoms with E-state index < -0.39 is 51.5 Å². The Balaban J connectivity index is 1.86. The van der Waals surface area contributed by atoms with E-state index in [1.807, 2.05) is 65.0 Å². The predicted molar refractivity (Wildman–Crippen MR) is 201 cm³/mol. The molecule has 5 N–H and O–H groups in total. The van der Waals surface area contributed by atoms with Gasteiger partial charge in [0.15, 0.2) is 0 Å². The van der Waals surface area contributed by atoms with Crippen molar-refractivity contribution in [1.82, 2.24) is 25.9 Å². The Hall–Kier alpha value is -3.05. The van der Waals surface area contributed by atoms with Crippen LogP contribution in [0.2, 0.25) is 0 Å². The van der Waals surface area contributed by atoms with Gasteiger partial charge in [-0.15, -0.1) is 0 Å². The van der Waals surface area contributed by atoms with Gasteiger partial charge in [0, 0.05) is 52.1 Å². The molecule has 6 atom stereocenters. The number of aliphatic hydroxyl groups excluding tert-OH is 1. The minimum Gasteiger partial charge on any atom is -0.391 e. The summed E-state index contributed by atoms with van der Waals surface area (Å²) in [6.07, 6.45) is 10.9. The highest BCUT2D eigenvalue weighted by Crippen LogP contribution is 2.30. The number of aromatic nitrogens is 2. The maximum Gasteiger partial charge on any atom is 0.243 e. The van der Waals surface area contributed by atoms with E-state index in [0.29, 0.717) is 31.0 Å². The number of nitrogens with one attached hydrogen (secondary N) is 4. The van der Waals surface area contributed by atoms with Crippen molar-refractivity contribution in [1.29, 1.82) is 0 Å². The number of unbranched alkanes of at least 4 members (excludes halogenated alkanes) is 1. The fraction of sp³-hybridized carbons (Fsp3) is 0.692. The van der Waals surface area contributed by atoms with Crippen molar-refractivity contribution >= 4 is 28.5 Å². The van der Waals surface area contributed by atoms with Gasteiger partial charge in [-0.05, 0) is 63.9 Å². The maximum absolute atomic E-state index is 14.2. The average Bonchev–Trinajstić information content (AvgIpc) is 3.59. The number of hydrogen-bond donors (Lipinski definition) is 5. The first-order valence-corrected chi connectivity index (χ1v) is 20.1. The molecule has 50 heavy (non-hydrogen) atoms. The number of imidazole rings is 1. The van der Waals surface area contributed by atoms with Gasteiger partial charge in [0.1, 0.15) is 6.04 Å². The molecular weight excluding hydrogens is 651 g/mol. The first-order valence-electron chi connectivity index (χ1n) is 18.7. The molecule has 1 aromatic heterocycles. The first kappa shape index (κ1) is 41.4. The van der Waals surface area contributed by atoms with E-state index in [2.05, 4.69) is 32.8 Å².